The number of piperidine rings is 1. The average molecular weight is 320 g/mol. The summed E-state index contributed by atoms with van der Waals surface area (Å²) in [7, 11) is 0. The molecule has 124 valence electrons. The molecule has 0 aliphatic carbocycles. The quantitative estimate of drug-likeness (QED) is 0.611. The fourth-order valence-electron chi connectivity index (χ4n) is 2.87. The number of carbonyl (C=O) groups is 2. The van der Waals surface area contributed by atoms with Crippen LogP contribution in [0.4, 0.5) is 5.69 Å². The third-order valence-electron chi connectivity index (χ3n) is 4.35. The number of rotatable bonds is 5. The van der Waals surface area contributed by atoms with Crippen molar-refractivity contribution in [1.29, 1.82) is 0 Å². The van der Waals surface area contributed by atoms with E-state index < -0.39 is 10.8 Å². The van der Waals surface area contributed by atoms with Crippen LogP contribution in [0.25, 0.3) is 0 Å². The van der Waals surface area contributed by atoms with Gasteiger partial charge in [0.15, 0.2) is 0 Å². The SMILES string of the molecule is CC1CCC(C(N)=O)CN1Cc1ccc(C(N)=O)cc1[N+](=O)[O-]. The van der Waals surface area contributed by atoms with E-state index in [4.69, 9.17) is 11.5 Å². The number of nitro benzene ring substituents is 1. The van der Waals surface area contributed by atoms with Crippen LogP contribution in [0.1, 0.15) is 35.7 Å². The molecule has 1 aromatic carbocycles. The molecule has 0 saturated carbocycles. The van der Waals surface area contributed by atoms with Crippen LogP contribution in [0.2, 0.25) is 0 Å². The summed E-state index contributed by atoms with van der Waals surface area (Å²) in [5, 5.41) is 11.3. The van der Waals surface area contributed by atoms with Crippen molar-refractivity contribution in [2.24, 2.45) is 17.4 Å². The molecule has 1 heterocycles. The molecule has 2 atom stereocenters. The second kappa shape index (κ2) is 6.74. The average Bonchev–Trinajstić information content (AvgIpc) is 2.49. The molecule has 2 rings (SSSR count). The summed E-state index contributed by atoms with van der Waals surface area (Å²) in [5.41, 5.74) is 11.0. The molecule has 0 bridgehead atoms. The van der Waals surface area contributed by atoms with Crippen LogP contribution in [0.5, 0.6) is 0 Å². The van der Waals surface area contributed by atoms with Crippen LogP contribution in [-0.4, -0.2) is 34.2 Å². The Morgan fingerprint density at radius 2 is 2.04 bits per heavy atom. The molecule has 8 nitrogen and oxygen atoms in total. The van der Waals surface area contributed by atoms with E-state index in [1.165, 1.54) is 12.1 Å². The first-order valence-electron chi connectivity index (χ1n) is 7.40. The molecular formula is C15H20N4O4. The van der Waals surface area contributed by atoms with Crippen LogP contribution in [0.15, 0.2) is 18.2 Å². The maximum atomic E-state index is 11.4. The molecule has 1 aliphatic heterocycles. The van der Waals surface area contributed by atoms with Gasteiger partial charge in [-0.3, -0.25) is 24.6 Å². The number of nitro groups is 1. The first-order valence-corrected chi connectivity index (χ1v) is 7.40. The van der Waals surface area contributed by atoms with E-state index >= 15 is 0 Å². The first-order chi connectivity index (χ1) is 10.8. The fraction of sp³-hybridized carbons (Fsp3) is 0.467. The van der Waals surface area contributed by atoms with Gasteiger partial charge in [-0.1, -0.05) is 6.07 Å². The van der Waals surface area contributed by atoms with Gasteiger partial charge < -0.3 is 11.5 Å². The topological polar surface area (TPSA) is 133 Å². The van der Waals surface area contributed by atoms with E-state index in [1.54, 1.807) is 6.07 Å². The molecule has 0 spiro atoms. The third kappa shape index (κ3) is 3.84. The van der Waals surface area contributed by atoms with Crippen molar-refractivity contribution in [1.82, 2.24) is 4.90 Å². The summed E-state index contributed by atoms with van der Waals surface area (Å²) in [6, 6.07) is 4.41. The normalized spacial score (nSPS) is 21.8. The summed E-state index contributed by atoms with van der Waals surface area (Å²) >= 11 is 0. The van der Waals surface area contributed by atoms with Crippen LogP contribution in [0.3, 0.4) is 0 Å². The largest absolute Gasteiger partial charge is 0.369 e. The van der Waals surface area contributed by atoms with Gasteiger partial charge in [-0.2, -0.15) is 0 Å². The van der Waals surface area contributed by atoms with Crippen molar-refractivity contribution in [3.63, 3.8) is 0 Å². The Labute approximate surface area is 133 Å². The summed E-state index contributed by atoms with van der Waals surface area (Å²) in [4.78, 5) is 35.3. The van der Waals surface area contributed by atoms with Gasteiger partial charge in [0.2, 0.25) is 11.8 Å². The predicted molar refractivity (Wildman–Crippen MR) is 83.4 cm³/mol. The Hall–Kier alpha value is -2.48. The van der Waals surface area contributed by atoms with Gasteiger partial charge in [0.05, 0.1) is 10.8 Å². The molecule has 2 unspecified atom stereocenters. The zero-order chi connectivity index (χ0) is 17.1. The number of nitrogens with two attached hydrogens (primary N) is 2. The molecular weight excluding hydrogens is 300 g/mol. The lowest BCUT2D eigenvalue weighted by Crippen LogP contribution is -2.45. The molecule has 1 fully saturated rings. The second-order valence-electron chi connectivity index (χ2n) is 5.92. The first kappa shape index (κ1) is 16.9. The zero-order valence-electron chi connectivity index (χ0n) is 12.9. The van der Waals surface area contributed by atoms with E-state index in [-0.39, 0.29) is 29.1 Å². The standard InChI is InChI=1S/C15H20N4O4/c1-9-2-3-12(15(17)21)8-18(9)7-11-5-4-10(14(16)20)6-13(11)19(22)23/h4-6,9,12H,2-3,7-8H2,1H3,(H2,16,20)(H2,17,21). The highest BCUT2D eigenvalue weighted by Crippen LogP contribution is 2.27. The van der Waals surface area contributed by atoms with Gasteiger partial charge in [0, 0.05) is 36.3 Å². The van der Waals surface area contributed by atoms with Crippen LogP contribution in [-0.2, 0) is 11.3 Å². The number of hydrogen-bond donors (Lipinski definition) is 2. The van der Waals surface area contributed by atoms with Crippen molar-refractivity contribution in [3.05, 3.63) is 39.4 Å². The summed E-state index contributed by atoms with van der Waals surface area (Å²) in [6.45, 7) is 2.81. The van der Waals surface area contributed by atoms with E-state index in [9.17, 15) is 19.7 Å². The van der Waals surface area contributed by atoms with E-state index in [0.717, 1.165) is 12.8 Å². The number of carbonyl (C=O) groups excluding carboxylic acids is 2. The lowest BCUT2D eigenvalue weighted by Gasteiger charge is -2.36. The lowest BCUT2D eigenvalue weighted by atomic mass is 9.92. The number of amides is 2. The zero-order valence-corrected chi connectivity index (χ0v) is 12.9. The number of hydrogen-bond acceptors (Lipinski definition) is 5. The predicted octanol–water partition coefficient (Wildman–Crippen LogP) is 0.780. The highest BCUT2D eigenvalue weighted by atomic mass is 16.6. The molecule has 4 N–H and O–H groups in total. The van der Waals surface area contributed by atoms with Crippen molar-refractivity contribution in [2.45, 2.75) is 32.4 Å². The Bertz CT molecular complexity index is 646. The summed E-state index contributed by atoms with van der Waals surface area (Å²) < 4.78 is 0. The van der Waals surface area contributed by atoms with Gasteiger partial charge in [0.25, 0.3) is 5.69 Å². The molecule has 1 aliphatic rings. The Morgan fingerprint density at radius 3 is 2.61 bits per heavy atom. The highest BCUT2D eigenvalue weighted by molar-refractivity contribution is 5.93. The maximum absolute atomic E-state index is 11.4. The Morgan fingerprint density at radius 1 is 1.35 bits per heavy atom. The third-order valence-corrected chi connectivity index (χ3v) is 4.35. The smallest absolute Gasteiger partial charge is 0.274 e. The molecule has 23 heavy (non-hydrogen) atoms. The van der Waals surface area contributed by atoms with Crippen LogP contribution < -0.4 is 11.5 Å². The number of benzene rings is 1. The van der Waals surface area contributed by atoms with Gasteiger partial charge >= 0.3 is 0 Å². The van der Waals surface area contributed by atoms with Crippen molar-refractivity contribution in [3.8, 4) is 0 Å². The second-order valence-corrected chi connectivity index (χ2v) is 5.92. The molecule has 2 amide bonds. The summed E-state index contributed by atoms with van der Waals surface area (Å²) in [6.07, 6.45) is 1.54. The van der Waals surface area contributed by atoms with Gasteiger partial charge in [-0.15, -0.1) is 0 Å². The molecule has 8 heteroatoms. The van der Waals surface area contributed by atoms with Gasteiger partial charge in [0.1, 0.15) is 0 Å². The molecule has 1 aromatic rings. The Kier molecular flexibility index (Phi) is 4.95. The monoisotopic (exact) mass is 320 g/mol. The highest BCUT2D eigenvalue weighted by Gasteiger charge is 2.30. The lowest BCUT2D eigenvalue weighted by molar-refractivity contribution is -0.385. The van der Waals surface area contributed by atoms with Gasteiger partial charge in [-0.05, 0) is 25.8 Å². The number of primary amides is 2. The van der Waals surface area contributed by atoms with E-state index in [2.05, 4.69) is 0 Å². The van der Waals surface area contributed by atoms with Crippen molar-refractivity contribution in [2.75, 3.05) is 6.54 Å². The van der Waals surface area contributed by atoms with E-state index in [1.807, 2.05) is 11.8 Å². The minimum atomic E-state index is -0.709. The van der Waals surface area contributed by atoms with Crippen molar-refractivity contribution < 1.29 is 14.5 Å². The van der Waals surface area contributed by atoms with Gasteiger partial charge in [-0.25, -0.2) is 0 Å². The minimum absolute atomic E-state index is 0.0992. The maximum Gasteiger partial charge on any atom is 0.274 e. The van der Waals surface area contributed by atoms with E-state index in [0.29, 0.717) is 18.7 Å². The number of nitrogens with zero attached hydrogens (tertiary/aromatic N) is 2. The minimum Gasteiger partial charge on any atom is -0.369 e. The van der Waals surface area contributed by atoms with Crippen LogP contribution >= 0.6 is 0 Å². The molecule has 0 aromatic heterocycles. The molecule has 0 radical (unpaired) electrons. The fourth-order valence-corrected chi connectivity index (χ4v) is 2.87. The summed E-state index contributed by atoms with van der Waals surface area (Å²) in [5.74, 6) is -1.30. The van der Waals surface area contributed by atoms with Crippen LogP contribution in [0, 0.1) is 16.0 Å². The van der Waals surface area contributed by atoms with Crippen molar-refractivity contribution >= 4 is 17.5 Å². The number of likely N-dealkylation sites (tertiary alicyclic amines) is 1. The molecule has 1 saturated heterocycles. The Balaban J connectivity index is 2.26.